The van der Waals surface area contributed by atoms with Gasteiger partial charge < -0.3 is 10.4 Å². The number of nitrogens with zero attached hydrogens (tertiary/aromatic N) is 4. The average Bonchev–Trinajstić information content (AvgIpc) is 2.98. The molecular formula is C17H22FN5O2. The largest absolute Gasteiger partial charge is 0.388 e. The van der Waals surface area contributed by atoms with Gasteiger partial charge in [-0.05, 0) is 54.0 Å². The van der Waals surface area contributed by atoms with Crippen LogP contribution in [0.2, 0.25) is 0 Å². The molecule has 1 heterocycles. The van der Waals surface area contributed by atoms with Crippen LogP contribution in [0.25, 0.3) is 11.8 Å². The fourth-order valence-electron chi connectivity index (χ4n) is 1.95. The molecule has 7 nitrogen and oxygen atoms in total. The maximum Gasteiger partial charge on any atom is 0.270 e. The molecule has 134 valence electrons. The van der Waals surface area contributed by atoms with Crippen molar-refractivity contribution in [2.75, 3.05) is 6.54 Å². The number of aromatic nitrogens is 4. The first-order valence-corrected chi connectivity index (χ1v) is 7.94. The fraction of sp³-hybridized carbons (Fsp3) is 0.412. The summed E-state index contributed by atoms with van der Waals surface area (Å²) in [5.74, 6) is -0.415. The Balaban J connectivity index is 2.31. The van der Waals surface area contributed by atoms with Crippen LogP contribution in [0.4, 0.5) is 4.39 Å². The number of halogens is 1. The molecule has 1 unspecified atom stereocenters. The Morgan fingerprint density at radius 3 is 2.56 bits per heavy atom. The van der Waals surface area contributed by atoms with E-state index in [1.165, 1.54) is 16.8 Å². The molecule has 1 aromatic heterocycles. The predicted octanol–water partition coefficient (Wildman–Crippen LogP) is 1.64. The number of amides is 1. The minimum absolute atomic E-state index is 0.0351. The van der Waals surface area contributed by atoms with E-state index in [2.05, 4.69) is 20.8 Å². The number of hydrogen-bond acceptors (Lipinski definition) is 5. The van der Waals surface area contributed by atoms with Crippen LogP contribution in [-0.4, -0.2) is 43.4 Å². The first kappa shape index (κ1) is 18.7. The lowest BCUT2D eigenvalue weighted by atomic mass is 9.92. The van der Waals surface area contributed by atoms with Crippen LogP contribution >= 0.6 is 0 Å². The predicted molar refractivity (Wildman–Crippen MR) is 91.6 cm³/mol. The number of carbonyl (C=O) groups is 1. The molecule has 1 atom stereocenters. The van der Waals surface area contributed by atoms with Gasteiger partial charge in [-0.3, -0.25) is 4.79 Å². The lowest BCUT2D eigenvalue weighted by Crippen LogP contribution is -2.44. The van der Waals surface area contributed by atoms with Crippen molar-refractivity contribution in [1.29, 1.82) is 0 Å². The normalized spacial score (nSPS) is 14.4. The van der Waals surface area contributed by atoms with Crippen LogP contribution in [0.15, 0.2) is 24.3 Å². The summed E-state index contributed by atoms with van der Waals surface area (Å²) in [5, 5.41) is 24.2. The van der Waals surface area contributed by atoms with Crippen molar-refractivity contribution in [2.45, 2.75) is 33.3 Å². The van der Waals surface area contributed by atoms with Crippen molar-refractivity contribution in [3.63, 3.8) is 0 Å². The number of rotatable bonds is 6. The molecule has 0 fully saturated rings. The minimum Gasteiger partial charge on any atom is -0.388 e. The van der Waals surface area contributed by atoms with E-state index < -0.39 is 11.5 Å². The zero-order valence-electron chi connectivity index (χ0n) is 14.7. The molecule has 0 aliphatic rings. The summed E-state index contributed by atoms with van der Waals surface area (Å²) in [7, 11) is 0. The quantitative estimate of drug-likeness (QED) is 0.775. The monoisotopic (exact) mass is 347 g/mol. The first-order chi connectivity index (χ1) is 11.7. The van der Waals surface area contributed by atoms with Crippen LogP contribution in [0.5, 0.6) is 0 Å². The number of aryl methyl sites for hydroxylation is 1. The van der Waals surface area contributed by atoms with Gasteiger partial charge in [0.1, 0.15) is 11.5 Å². The number of benzene rings is 1. The minimum atomic E-state index is -1.05. The van der Waals surface area contributed by atoms with E-state index in [0.717, 1.165) is 0 Å². The van der Waals surface area contributed by atoms with E-state index in [1.807, 2.05) is 13.8 Å². The molecule has 0 radical (unpaired) electrons. The highest BCUT2D eigenvalue weighted by molar-refractivity contribution is 6.18. The van der Waals surface area contributed by atoms with E-state index in [0.29, 0.717) is 11.4 Å². The third-order valence-electron chi connectivity index (χ3n) is 4.11. The SMILES string of the molecule is Cc1nnnn1C(=Cc1ccc(F)cc1)C(=O)NCC(C)(O)C(C)C. The van der Waals surface area contributed by atoms with Gasteiger partial charge in [-0.15, -0.1) is 5.10 Å². The average molecular weight is 347 g/mol. The summed E-state index contributed by atoms with van der Waals surface area (Å²) < 4.78 is 14.4. The first-order valence-electron chi connectivity index (χ1n) is 7.94. The Kier molecular flexibility index (Phi) is 5.63. The van der Waals surface area contributed by atoms with Gasteiger partial charge in [0.15, 0.2) is 5.82 Å². The highest BCUT2D eigenvalue weighted by Gasteiger charge is 2.26. The maximum atomic E-state index is 13.1. The van der Waals surface area contributed by atoms with Crippen molar-refractivity contribution in [3.05, 3.63) is 41.5 Å². The molecule has 8 heteroatoms. The highest BCUT2D eigenvalue weighted by Crippen LogP contribution is 2.16. The lowest BCUT2D eigenvalue weighted by Gasteiger charge is -2.28. The van der Waals surface area contributed by atoms with E-state index >= 15 is 0 Å². The van der Waals surface area contributed by atoms with Crippen molar-refractivity contribution in [1.82, 2.24) is 25.5 Å². The van der Waals surface area contributed by atoms with Crippen LogP contribution in [0, 0.1) is 18.7 Å². The van der Waals surface area contributed by atoms with E-state index in [-0.39, 0.29) is 24.0 Å². The molecule has 0 saturated carbocycles. The topological polar surface area (TPSA) is 92.9 Å². The molecule has 0 saturated heterocycles. The summed E-state index contributed by atoms with van der Waals surface area (Å²) >= 11 is 0. The molecule has 1 amide bonds. The standard InChI is InChI=1S/C17H22FN5O2/c1-11(2)17(4,25)10-19-16(24)15(23-12(3)20-21-22-23)9-13-5-7-14(18)8-6-13/h5-9,11,25H,10H2,1-4H3,(H,19,24). The molecule has 2 aromatic rings. The zero-order chi connectivity index (χ0) is 18.6. The fourth-order valence-corrected chi connectivity index (χ4v) is 1.95. The Labute approximate surface area is 145 Å². The van der Waals surface area contributed by atoms with Crippen molar-refractivity contribution >= 4 is 17.7 Å². The van der Waals surface area contributed by atoms with E-state index in [4.69, 9.17) is 0 Å². The molecule has 0 spiro atoms. The number of aliphatic hydroxyl groups is 1. The smallest absolute Gasteiger partial charge is 0.270 e. The Morgan fingerprint density at radius 1 is 1.40 bits per heavy atom. The number of carbonyl (C=O) groups excluding carboxylic acids is 1. The maximum absolute atomic E-state index is 13.1. The summed E-state index contributed by atoms with van der Waals surface area (Å²) in [6, 6.07) is 5.70. The zero-order valence-corrected chi connectivity index (χ0v) is 14.7. The lowest BCUT2D eigenvalue weighted by molar-refractivity contribution is -0.117. The second kappa shape index (κ2) is 7.52. The number of nitrogens with one attached hydrogen (secondary N) is 1. The van der Waals surface area contributed by atoms with Crippen molar-refractivity contribution in [2.24, 2.45) is 5.92 Å². The van der Waals surface area contributed by atoms with Crippen molar-refractivity contribution < 1.29 is 14.3 Å². The van der Waals surface area contributed by atoms with Gasteiger partial charge in [0.05, 0.1) is 5.60 Å². The Hall–Kier alpha value is -2.61. The molecule has 0 aliphatic carbocycles. The Morgan fingerprint density at radius 2 is 2.04 bits per heavy atom. The Bertz CT molecular complexity index is 766. The summed E-state index contributed by atoms with van der Waals surface area (Å²) in [6.45, 7) is 7.13. The van der Waals surface area contributed by atoms with Gasteiger partial charge in [0, 0.05) is 6.54 Å². The molecule has 0 aliphatic heterocycles. The number of hydrogen-bond donors (Lipinski definition) is 2. The van der Waals surface area contributed by atoms with Crippen LogP contribution in [0.1, 0.15) is 32.2 Å². The molecule has 2 rings (SSSR count). The van der Waals surface area contributed by atoms with Crippen molar-refractivity contribution in [3.8, 4) is 0 Å². The third kappa shape index (κ3) is 4.69. The third-order valence-corrected chi connectivity index (χ3v) is 4.11. The molecule has 1 aromatic carbocycles. The van der Waals surface area contributed by atoms with Gasteiger partial charge in [0.25, 0.3) is 5.91 Å². The molecule has 2 N–H and O–H groups in total. The van der Waals surface area contributed by atoms with Gasteiger partial charge in [0.2, 0.25) is 0 Å². The van der Waals surface area contributed by atoms with Gasteiger partial charge in [-0.25, -0.2) is 4.39 Å². The summed E-state index contributed by atoms with van der Waals surface area (Å²) in [6.07, 6.45) is 1.56. The molecule has 25 heavy (non-hydrogen) atoms. The van der Waals surface area contributed by atoms with E-state index in [9.17, 15) is 14.3 Å². The van der Waals surface area contributed by atoms with E-state index in [1.54, 1.807) is 32.1 Å². The van der Waals surface area contributed by atoms with Gasteiger partial charge in [-0.1, -0.05) is 26.0 Å². The second-order valence-electron chi connectivity index (χ2n) is 6.41. The van der Waals surface area contributed by atoms with Crippen LogP contribution in [-0.2, 0) is 4.79 Å². The second-order valence-corrected chi connectivity index (χ2v) is 6.41. The molecule has 0 bridgehead atoms. The van der Waals surface area contributed by atoms with Crippen LogP contribution in [0.3, 0.4) is 0 Å². The highest BCUT2D eigenvalue weighted by atomic mass is 19.1. The molecular weight excluding hydrogens is 325 g/mol. The summed E-state index contributed by atoms with van der Waals surface area (Å²) in [5.41, 5.74) is -0.252. The summed E-state index contributed by atoms with van der Waals surface area (Å²) in [4.78, 5) is 12.7. The number of tetrazole rings is 1. The van der Waals surface area contributed by atoms with Crippen LogP contribution < -0.4 is 5.32 Å². The van der Waals surface area contributed by atoms with Gasteiger partial charge >= 0.3 is 0 Å². The van der Waals surface area contributed by atoms with Gasteiger partial charge in [-0.2, -0.15) is 4.68 Å².